The number of ether oxygens (including phenoxy) is 2. The molecule has 8 heteroatoms. The molecule has 0 unspecified atom stereocenters. The first-order valence-electron chi connectivity index (χ1n) is 12.2. The Hall–Kier alpha value is -3.29. The van der Waals surface area contributed by atoms with Crippen molar-refractivity contribution in [1.29, 1.82) is 0 Å². The molecule has 3 aliphatic rings. The predicted molar refractivity (Wildman–Crippen MR) is 132 cm³/mol. The van der Waals surface area contributed by atoms with Gasteiger partial charge in [0.2, 0.25) is 0 Å². The minimum Gasteiger partial charge on any atom is -0.497 e. The number of methoxy groups -OCH3 is 2. The number of amidine groups is 1. The first kappa shape index (κ1) is 22.5. The van der Waals surface area contributed by atoms with Crippen LogP contribution in [-0.4, -0.2) is 60.5 Å². The van der Waals surface area contributed by atoms with E-state index in [0.29, 0.717) is 36.2 Å². The van der Waals surface area contributed by atoms with E-state index in [4.69, 9.17) is 14.5 Å². The Balaban J connectivity index is 1.36. The van der Waals surface area contributed by atoms with E-state index in [2.05, 4.69) is 15.6 Å². The Morgan fingerprint density at radius 3 is 2.47 bits per heavy atom. The normalized spacial score (nSPS) is 19.6. The summed E-state index contributed by atoms with van der Waals surface area (Å²) in [4.78, 5) is 24.7. The molecule has 34 heavy (non-hydrogen) atoms. The summed E-state index contributed by atoms with van der Waals surface area (Å²) in [5.74, 6) is 2.92. The lowest BCUT2D eigenvalue weighted by Crippen LogP contribution is -2.61. The number of amides is 1. The fourth-order valence-electron chi connectivity index (χ4n) is 5.29. The van der Waals surface area contributed by atoms with E-state index in [0.717, 1.165) is 30.2 Å². The number of rotatable bonds is 4. The van der Waals surface area contributed by atoms with Crippen LogP contribution in [0.2, 0.25) is 0 Å². The molecule has 8 nitrogen and oxygen atoms in total. The molecule has 180 valence electrons. The van der Waals surface area contributed by atoms with Gasteiger partial charge in [-0.2, -0.15) is 0 Å². The number of piperidine rings is 1. The molecule has 2 N–H and O–H groups in total. The minimum absolute atomic E-state index is 0.0105. The van der Waals surface area contributed by atoms with Crippen LogP contribution < -0.4 is 20.1 Å². The first-order valence-corrected chi connectivity index (χ1v) is 12.2. The SMILES string of the molecule is COc1cc(OC)cc(C(=O)N2CCC3(CC2)Nc2cccnc2N=C3NC2CCCCC2)c1. The van der Waals surface area contributed by atoms with E-state index in [1.807, 2.05) is 17.0 Å². The fraction of sp³-hybridized carbons (Fsp3) is 0.500. The zero-order chi connectivity index (χ0) is 23.5. The number of fused-ring (bicyclic) bond motifs is 1. The van der Waals surface area contributed by atoms with Crippen molar-refractivity contribution >= 4 is 23.2 Å². The van der Waals surface area contributed by atoms with Crippen LogP contribution in [0.5, 0.6) is 11.5 Å². The van der Waals surface area contributed by atoms with E-state index >= 15 is 0 Å². The molecule has 1 amide bonds. The largest absolute Gasteiger partial charge is 0.497 e. The Morgan fingerprint density at radius 2 is 1.79 bits per heavy atom. The van der Waals surface area contributed by atoms with Crippen molar-refractivity contribution in [1.82, 2.24) is 15.2 Å². The summed E-state index contributed by atoms with van der Waals surface area (Å²) in [5, 5.41) is 7.53. The maximum Gasteiger partial charge on any atom is 0.254 e. The lowest BCUT2D eigenvalue weighted by atomic mass is 9.83. The molecule has 1 saturated carbocycles. The van der Waals surface area contributed by atoms with Crippen molar-refractivity contribution < 1.29 is 14.3 Å². The van der Waals surface area contributed by atoms with Crippen molar-refractivity contribution in [3.63, 3.8) is 0 Å². The monoisotopic (exact) mass is 463 g/mol. The molecular formula is C26H33N5O3. The zero-order valence-corrected chi connectivity index (χ0v) is 20.0. The van der Waals surface area contributed by atoms with Gasteiger partial charge in [-0.25, -0.2) is 9.98 Å². The standard InChI is InChI=1S/C26H33N5O3/c1-33-20-15-18(16-21(17-20)34-2)24(32)31-13-10-26(11-14-31)25(28-19-7-4-3-5-8-19)29-23-22(30-26)9-6-12-27-23/h6,9,12,15-17,19,30H,3-5,7-8,10-11,13-14H2,1-2H3,(H,27,28,29). The number of anilines is 1. The van der Waals surface area contributed by atoms with Crippen molar-refractivity contribution in [2.45, 2.75) is 56.5 Å². The number of aromatic nitrogens is 1. The van der Waals surface area contributed by atoms with Gasteiger partial charge in [0.15, 0.2) is 5.82 Å². The lowest BCUT2D eigenvalue weighted by Gasteiger charge is -2.46. The fourth-order valence-corrected chi connectivity index (χ4v) is 5.29. The van der Waals surface area contributed by atoms with Crippen molar-refractivity contribution in [2.75, 3.05) is 32.6 Å². The molecule has 3 heterocycles. The highest BCUT2D eigenvalue weighted by atomic mass is 16.5. The molecule has 1 spiro atoms. The second-order valence-electron chi connectivity index (χ2n) is 9.41. The average molecular weight is 464 g/mol. The van der Waals surface area contributed by atoms with E-state index in [9.17, 15) is 4.79 Å². The van der Waals surface area contributed by atoms with Gasteiger partial charge in [0.1, 0.15) is 17.3 Å². The second kappa shape index (κ2) is 9.52. The van der Waals surface area contributed by atoms with Gasteiger partial charge in [-0.3, -0.25) is 4.79 Å². The van der Waals surface area contributed by atoms with E-state index in [-0.39, 0.29) is 11.4 Å². The van der Waals surface area contributed by atoms with Gasteiger partial charge in [-0.15, -0.1) is 0 Å². The maximum absolute atomic E-state index is 13.3. The number of pyridine rings is 1. The van der Waals surface area contributed by atoms with Crippen LogP contribution in [0, 0.1) is 0 Å². The molecule has 2 fully saturated rings. The van der Waals surface area contributed by atoms with Crippen LogP contribution in [-0.2, 0) is 0 Å². The number of nitrogens with one attached hydrogen (secondary N) is 2. The predicted octanol–water partition coefficient (Wildman–Crippen LogP) is 4.15. The maximum atomic E-state index is 13.3. The number of likely N-dealkylation sites (tertiary alicyclic amines) is 1. The molecule has 0 radical (unpaired) electrons. The Kier molecular flexibility index (Phi) is 6.30. The van der Waals surface area contributed by atoms with E-state index in [1.165, 1.54) is 32.1 Å². The summed E-state index contributed by atoms with van der Waals surface area (Å²) in [6.07, 6.45) is 9.49. The van der Waals surface area contributed by atoms with Gasteiger partial charge in [0.25, 0.3) is 5.91 Å². The van der Waals surface area contributed by atoms with E-state index < -0.39 is 0 Å². The molecule has 1 aliphatic carbocycles. The number of hydrogen-bond acceptors (Lipinski definition) is 7. The van der Waals surface area contributed by atoms with Crippen LogP contribution >= 0.6 is 0 Å². The van der Waals surface area contributed by atoms with Gasteiger partial charge < -0.3 is 25.0 Å². The van der Waals surface area contributed by atoms with Gasteiger partial charge >= 0.3 is 0 Å². The second-order valence-corrected chi connectivity index (χ2v) is 9.41. The minimum atomic E-state index is -0.323. The van der Waals surface area contributed by atoms with Gasteiger partial charge in [0.05, 0.1) is 25.4 Å². The Labute approximate surface area is 200 Å². The molecule has 1 saturated heterocycles. The topological polar surface area (TPSA) is 88.1 Å². The highest BCUT2D eigenvalue weighted by molar-refractivity contribution is 6.00. The molecule has 0 atom stereocenters. The Morgan fingerprint density at radius 1 is 1.09 bits per heavy atom. The number of carbonyl (C=O) groups excluding carboxylic acids is 1. The first-order chi connectivity index (χ1) is 16.6. The highest BCUT2D eigenvalue weighted by Crippen LogP contribution is 2.37. The third-order valence-electron chi connectivity index (χ3n) is 7.28. The van der Waals surface area contributed by atoms with Crippen LogP contribution in [0.25, 0.3) is 0 Å². The van der Waals surface area contributed by atoms with Gasteiger partial charge in [-0.05, 0) is 49.9 Å². The van der Waals surface area contributed by atoms with Gasteiger partial charge in [-0.1, -0.05) is 19.3 Å². The molecule has 1 aromatic heterocycles. The molecule has 2 aromatic rings. The highest BCUT2D eigenvalue weighted by Gasteiger charge is 2.44. The van der Waals surface area contributed by atoms with Crippen molar-refractivity contribution in [3.8, 4) is 11.5 Å². The smallest absolute Gasteiger partial charge is 0.254 e. The number of hydrogen-bond donors (Lipinski definition) is 2. The molecule has 1 aromatic carbocycles. The summed E-state index contributed by atoms with van der Waals surface area (Å²) in [7, 11) is 3.19. The van der Waals surface area contributed by atoms with Crippen LogP contribution in [0.3, 0.4) is 0 Å². The third kappa shape index (κ3) is 4.41. The third-order valence-corrected chi connectivity index (χ3v) is 7.28. The summed E-state index contributed by atoms with van der Waals surface area (Å²) >= 11 is 0. The molecule has 5 rings (SSSR count). The van der Waals surface area contributed by atoms with Crippen LogP contribution in [0.4, 0.5) is 11.5 Å². The Bertz CT molecular complexity index is 1050. The summed E-state index contributed by atoms with van der Waals surface area (Å²) < 4.78 is 10.7. The lowest BCUT2D eigenvalue weighted by molar-refractivity contribution is 0.0703. The van der Waals surface area contributed by atoms with Crippen LogP contribution in [0.15, 0.2) is 41.5 Å². The zero-order valence-electron chi connectivity index (χ0n) is 20.0. The quantitative estimate of drug-likeness (QED) is 0.708. The summed E-state index contributed by atoms with van der Waals surface area (Å²) in [6.45, 7) is 1.26. The number of aliphatic imine (C=N–C) groups is 1. The molecule has 2 aliphatic heterocycles. The summed E-state index contributed by atoms with van der Waals surface area (Å²) in [5.41, 5.74) is 1.21. The molecular weight excluding hydrogens is 430 g/mol. The number of nitrogens with zero attached hydrogens (tertiary/aromatic N) is 3. The van der Waals surface area contributed by atoms with Gasteiger partial charge in [0, 0.05) is 37.0 Å². The average Bonchev–Trinajstić information content (AvgIpc) is 2.89. The van der Waals surface area contributed by atoms with Crippen molar-refractivity contribution in [3.05, 3.63) is 42.1 Å². The van der Waals surface area contributed by atoms with Crippen LogP contribution in [0.1, 0.15) is 55.3 Å². The number of benzene rings is 1. The molecule has 0 bridgehead atoms. The summed E-state index contributed by atoms with van der Waals surface area (Å²) in [6, 6.07) is 9.73. The number of carbonyl (C=O) groups is 1. The van der Waals surface area contributed by atoms with Crippen molar-refractivity contribution in [2.24, 2.45) is 4.99 Å². The van der Waals surface area contributed by atoms with E-state index in [1.54, 1.807) is 38.6 Å².